The summed E-state index contributed by atoms with van der Waals surface area (Å²) >= 11 is 3.58. The molecule has 2 nitrogen and oxygen atoms in total. The van der Waals surface area contributed by atoms with E-state index >= 15 is 0 Å². The van der Waals surface area contributed by atoms with Gasteiger partial charge in [-0.05, 0) is 0 Å². The molecule has 1 aliphatic carbocycles. The van der Waals surface area contributed by atoms with Crippen LogP contribution >= 0.6 is 23.5 Å². The molecule has 2 aliphatic rings. The molecule has 4 heteroatoms. The molecule has 1 saturated heterocycles. The molecule has 0 atom stereocenters. The number of nitrogens with zero attached hydrogens (tertiary/aromatic N) is 2. The van der Waals surface area contributed by atoms with Gasteiger partial charge in [0.15, 0.2) is 4.38 Å². The second kappa shape index (κ2) is 4.67. The zero-order chi connectivity index (χ0) is 8.93. The molecule has 13 heavy (non-hydrogen) atoms. The second-order valence-corrected chi connectivity index (χ2v) is 5.10. The fraction of sp³-hybridized carbons (Fsp3) is 0.333. The van der Waals surface area contributed by atoms with Gasteiger partial charge >= 0.3 is 0 Å². The summed E-state index contributed by atoms with van der Waals surface area (Å²) in [7, 11) is 0. The first-order valence-corrected chi connectivity index (χ1v) is 6.14. The minimum Gasteiger partial charge on any atom is -0.161 e. The zero-order valence-electron chi connectivity index (χ0n) is 7.09. The molecule has 1 aliphatic heterocycles. The quantitative estimate of drug-likeness (QED) is 0.517. The van der Waals surface area contributed by atoms with Crippen molar-refractivity contribution in [3.05, 3.63) is 24.3 Å². The summed E-state index contributed by atoms with van der Waals surface area (Å²) in [5.41, 5.74) is 0. The van der Waals surface area contributed by atoms with Gasteiger partial charge in [-0.25, -0.2) is 0 Å². The van der Waals surface area contributed by atoms with Gasteiger partial charge in [-0.15, -0.1) is 5.10 Å². The van der Waals surface area contributed by atoms with Gasteiger partial charge in [0, 0.05) is 23.6 Å². The van der Waals surface area contributed by atoms with Crippen LogP contribution in [0.4, 0.5) is 0 Å². The normalized spacial score (nSPS) is 22.3. The van der Waals surface area contributed by atoms with Crippen molar-refractivity contribution in [2.45, 2.75) is 0 Å². The molecule has 1 fully saturated rings. The third kappa shape index (κ3) is 2.74. The van der Waals surface area contributed by atoms with Crippen LogP contribution in [0.15, 0.2) is 34.5 Å². The highest BCUT2D eigenvalue weighted by molar-refractivity contribution is 8.41. The van der Waals surface area contributed by atoms with Crippen molar-refractivity contribution in [1.82, 2.24) is 0 Å². The third-order valence-corrected chi connectivity index (χ3v) is 4.13. The number of hydrogen-bond donors (Lipinski definition) is 0. The number of rotatable bonds is 2. The molecule has 2 rings (SSSR count). The predicted octanol–water partition coefficient (Wildman–Crippen LogP) is 2.55. The van der Waals surface area contributed by atoms with Crippen LogP contribution in [0.1, 0.15) is 0 Å². The van der Waals surface area contributed by atoms with Gasteiger partial charge in [-0.2, -0.15) is 5.10 Å². The lowest BCUT2D eigenvalue weighted by molar-refractivity contribution is 1.15. The van der Waals surface area contributed by atoms with E-state index in [1.807, 2.05) is 18.4 Å². The van der Waals surface area contributed by atoms with Crippen molar-refractivity contribution >= 4 is 34.1 Å². The fourth-order valence-corrected chi connectivity index (χ4v) is 3.12. The molecule has 0 unspecified atom stereocenters. The van der Waals surface area contributed by atoms with Crippen LogP contribution in [0, 0.1) is 5.92 Å². The van der Waals surface area contributed by atoms with Crippen molar-refractivity contribution < 1.29 is 0 Å². The highest BCUT2D eigenvalue weighted by Gasteiger charge is 2.08. The molecular formula is C9H10N2S2. The molecule has 0 N–H and O–H groups in total. The Morgan fingerprint density at radius 3 is 2.62 bits per heavy atom. The molecule has 0 amide bonds. The summed E-state index contributed by atoms with van der Waals surface area (Å²) in [5, 5.41) is 8.19. The topological polar surface area (TPSA) is 24.7 Å². The molecular weight excluding hydrogens is 200 g/mol. The van der Waals surface area contributed by atoms with Crippen molar-refractivity contribution in [2.24, 2.45) is 16.1 Å². The first kappa shape index (κ1) is 9.09. The summed E-state index contributed by atoms with van der Waals surface area (Å²) in [5.74, 6) is 2.69. The molecule has 0 aromatic rings. The van der Waals surface area contributed by atoms with E-state index in [0.717, 1.165) is 4.38 Å². The summed E-state index contributed by atoms with van der Waals surface area (Å²) in [4.78, 5) is 0. The summed E-state index contributed by atoms with van der Waals surface area (Å²) in [6, 6.07) is 0. The molecule has 68 valence electrons. The standard InChI is InChI=1S/C9H10N2S2/c1-2-4-8(3-1)7-10-11-9-12-5-6-13-9/h1-4,7-8H,5-6H2. The highest BCUT2D eigenvalue weighted by atomic mass is 32.2. The van der Waals surface area contributed by atoms with Gasteiger partial charge in [0.1, 0.15) is 0 Å². The Labute approximate surface area is 86.3 Å². The SMILES string of the molecule is C1=CC(C=NN=C2SCCS2)C=C1. The van der Waals surface area contributed by atoms with Crippen molar-refractivity contribution in [2.75, 3.05) is 11.5 Å². The number of allylic oxidation sites excluding steroid dienone is 4. The van der Waals surface area contributed by atoms with Gasteiger partial charge in [-0.3, -0.25) is 0 Å². The second-order valence-electron chi connectivity index (χ2n) is 2.67. The van der Waals surface area contributed by atoms with E-state index in [1.165, 1.54) is 11.5 Å². The van der Waals surface area contributed by atoms with Crippen LogP contribution in [0.5, 0.6) is 0 Å². The van der Waals surface area contributed by atoms with E-state index in [-0.39, 0.29) is 0 Å². The van der Waals surface area contributed by atoms with Crippen LogP contribution in [0.2, 0.25) is 0 Å². The van der Waals surface area contributed by atoms with E-state index < -0.39 is 0 Å². The minimum absolute atomic E-state index is 0.348. The van der Waals surface area contributed by atoms with Crippen molar-refractivity contribution in [3.63, 3.8) is 0 Å². The minimum atomic E-state index is 0.348. The lowest BCUT2D eigenvalue weighted by Crippen LogP contribution is -1.88. The summed E-state index contributed by atoms with van der Waals surface area (Å²) in [6.45, 7) is 0. The Kier molecular flexibility index (Phi) is 3.27. The summed E-state index contributed by atoms with van der Waals surface area (Å²) in [6.07, 6.45) is 10.1. The van der Waals surface area contributed by atoms with E-state index in [1.54, 1.807) is 23.5 Å². The molecule has 0 radical (unpaired) electrons. The van der Waals surface area contributed by atoms with E-state index in [9.17, 15) is 0 Å². The van der Waals surface area contributed by atoms with E-state index in [4.69, 9.17) is 0 Å². The Hall–Kier alpha value is -0.480. The van der Waals surface area contributed by atoms with Crippen molar-refractivity contribution in [3.8, 4) is 0 Å². The van der Waals surface area contributed by atoms with E-state index in [0.29, 0.717) is 5.92 Å². The predicted molar refractivity (Wildman–Crippen MR) is 62.6 cm³/mol. The zero-order valence-corrected chi connectivity index (χ0v) is 8.72. The van der Waals surface area contributed by atoms with Crippen LogP contribution < -0.4 is 0 Å². The number of thioether (sulfide) groups is 2. The first-order chi connectivity index (χ1) is 6.45. The Bertz CT molecular complexity index is 272. The summed E-state index contributed by atoms with van der Waals surface area (Å²) < 4.78 is 1.10. The van der Waals surface area contributed by atoms with Gasteiger partial charge < -0.3 is 0 Å². The maximum Gasteiger partial charge on any atom is 0.152 e. The third-order valence-electron chi connectivity index (χ3n) is 1.69. The maximum atomic E-state index is 4.13. The monoisotopic (exact) mass is 210 g/mol. The van der Waals surface area contributed by atoms with Crippen LogP contribution in [-0.2, 0) is 0 Å². The van der Waals surface area contributed by atoms with Crippen LogP contribution in [0.3, 0.4) is 0 Å². The average Bonchev–Trinajstić information content (AvgIpc) is 2.75. The number of hydrogen-bond acceptors (Lipinski definition) is 4. The average molecular weight is 210 g/mol. The largest absolute Gasteiger partial charge is 0.161 e. The molecule has 0 aromatic carbocycles. The van der Waals surface area contributed by atoms with Gasteiger partial charge in [0.25, 0.3) is 0 Å². The van der Waals surface area contributed by atoms with Gasteiger partial charge in [-0.1, -0.05) is 47.8 Å². The van der Waals surface area contributed by atoms with Crippen LogP contribution in [0.25, 0.3) is 0 Å². The fourth-order valence-electron chi connectivity index (χ4n) is 1.06. The van der Waals surface area contributed by atoms with E-state index in [2.05, 4.69) is 22.4 Å². The molecule has 0 aromatic heterocycles. The van der Waals surface area contributed by atoms with Crippen LogP contribution in [-0.4, -0.2) is 22.1 Å². The lowest BCUT2D eigenvalue weighted by Gasteiger charge is -1.91. The van der Waals surface area contributed by atoms with Crippen molar-refractivity contribution in [1.29, 1.82) is 0 Å². The smallest absolute Gasteiger partial charge is 0.152 e. The Morgan fingerprint density at radius 2 is 1.92 bits per heavy atom. The first-order valence-electron chi connectivity index (χ1n) is 4.17. The maximum absolute atomic E-state index is 4.13. The molecule has 0 saturated carbocycles. The molecule has 1 heterocycles. The van der Waals surface area contributed by atoms with Gasteiger partial charge in [0.2, 0.25) is 0 Å². The van der Waals surface area contributed by atoms with Gasteiger partial charge in [0.05, 0.1) is 0 Å². The molecule has 0 spiro atoms. The molecule has 0 bridgehead atoms. The lowest BCUT2D eigenvalue weighted by atomic mass is 10.2. The Morgan fingerprint density at radius 1 is 1.23 bits per heavy atom. The highest BCUT2D eigenvalue weighted by Crippen LogP contribution is 2.25. The Balaban J connectivity index is 1.86.